The van der Waals surface area contributed by atoms with E-state index in [1.165, 1.54) is 6.92 Å². The average Bonchev–Trinajstić information content (AvgIpc) is 2.47. The molecule has 24 heavy (non-hydrogen) atoms. The van der Waals surface area contributed by atoms with E-state index in [1.54, 1.807) is 0 Å². The number of aliphatic carboxylic acids is 1. The van der Waals surface area contributed by atoms with Gasteiger partial charge >= 0.3 is 5.97 Å². The Kier molecular flexibility index (Phi) is 9.02. The third-order valence-corrected chi connectivity index (χ3v) is 3.08. The lowest BCUT2D eigenvalue weighted by molar-refractivity contribution is -0.141. The molecule has 0 radical (unpaired) electrons. The van der Waals surface area contributed by atoms with Crippen LogP contribution in [0.1, 0.15) is 32.6 Å². The van der Waals surface area contributed by atoms with Crippen LogP contribution in [0.3, 0.4) is 0 Å². The van der Waals surface area contributed by atoms with E-state index in [2.05, 4.69) is 10.6 Å². The van der Waals surface area contributed by atoms with Gasteiger partial charge in [0, 0.05) is 12.8 Å². The molecule has 0 aromatic rings. The van der Waals surface area contributed by atoms with E-state index in [9.17, 15) is 24.0 Å². The minimum Gasteiger partial charge on any atom is -0.480 e. The van der Waals surface area contributed by atoms with Crippen molar-refractivity contribution in [3.63, 3.8) is 0 Å². The highest BCUT2D eigenvalue weighted by Crippen LogP contribution is 2.01. The largest absolute Gasteiger partial charge is 0.480 e. The molecule has 0 saturated heterocycles. The zero-order chi connectivity index (χ0) is 18.9. The summed E-state index contributed by atoms with van der Waals surface area (Å²) >= 11 is 0. The van der Waals surface area contributed by atoms with Gasteiger partial charge in [-0.25, -0.2) is 0 Å². The predicted molar refractivity (Wildman–Crippen MR) is 82.0 cm³/mol. The molecule has 0 aliphatic heterocycles. The number of primary amides is 2. The molecule has 0 bridgehead atoms. The normalized spacial score (nSPS) is 14.1. The Morgan fingerprint density at radius 3 is 1.88 bits per heavy atom. The average molecular weight is 345 g/mol. The molecule has 4 amide bonds. The number of hydrogen-bond acceptors (Lipinski definition) is 6. The van der Waals surface area contributed by atoms with Gasteiger partial charge in [-0.2, -0.15) is 0 Å². The second kappa shape index (κ2) is 10.2. The summed E-state index contributed by atoms with van der Waals surface area (Å²) in [5, 5.41) is 13.3. The van der Waals surface area contributed by atoms with Crippen molar-refractivity contribution in [3.8, 4) is 0 Å². The lowest BCUT2D eigenvalue weighted by Crippen LogP contribution is -2.54. The zero-order valence-electron chi connectivity index (χ0n) is 13.3. The molecular weight excluding hydrogens is 322 g/mol. The van der Waals surface area contributed by atoms with Gasteiger partial charge in [-0.05, 0) is 19.8 Å². The van der Waals surface area contributed by atoms with Gasteiger partial charge in [0.1, 0.15) is 12.1 Å². The van der Waals surface area contributed by atoms with Crippen molar-refractivity contribution in [2.24, 2.45) is 17.2 Å². The van der Waals surface area contributed by atoms with E-state index in [0.717, 1.165) is 0 Å². The standard InChI is InChI=1S/C13H23N5O6/c1-6(13(23)24)17-12(22)8(3-5-10(16)20)18-11(21)7(14)2-4-9(15)19/h6-8H,2-5,14H2,1H3,(H2,15,19)(H2,16,20)(H,17,22)(H,18,21)(H,23,24). The van der Waals surface area contributed by atoms with Crippen LogP contribution >= 0.6 is 0 Å². The van der Waals surface area contributed by atoms with Gasteiger partial charge in [-0.1, -0.05) is 0 Å². The first-order valence-corrected chi connectivity index (χ1v) is 7.20. The summed E-state index contributed by atoms with van der Waals surface area (Å²) in [7, 11) is 0. The van der Waals surface area contributed by atoms with Crippen LogP contribution in [0.15, 0.2) is 0 Å². The van der Waals surface area contributed by atoms with Crippen molar-refractivity contribution in [2.45, 2.75) is 50.7 Å². The summed E-state index contributed by atoms with van der Waals surface area (Å²) in [6, 6.07) is -3.46. The van der Waals surface area contributed by atoms with Crippen molar-refractivity contribution < 1.29 is 29.1 Å². The van der Waals surface area contributed by atoms with Crippen LogP contribution in [0.25, 0.3) is 0 Å². The van der Waals surface area contributed by atoms with Crippen molar-refractivity contribution >= 4 is 29.6 Å². The second-order valence-corrected chi connectivity index (χ2v) is 5.25. The number of carbonyl (C=O) groups excluding carboxylic acids is 4. The summed E-state index contributed by atoms with van der Waals surface area (Å²) in [5.41, 5.74) is 15.5. The Balaban J connectivity index is 4.83. The van der Waals surface area contributed by atoms with E-state index >= 15 is 0 Å². The van der Waals surface area contributed by atoms with E-state index in [1.807, 2.05) is 0 Å². The predicted octanol–water partition coefficient (Wildman–Crippen LogP) is -3.08. The molecule has 3 unspecified atom stereocenters. The molecule has 0 fully saturated rings. The van der Waals surface area contributed by atoms with Crippen LogP contribution in [-0.2, 0) is 24.0 Å². The number of carboxylic acids is 1. The lowest BCUT2D eigenvalue weighted by Gasteiger charge is -2.21. The molecule has 0 rings (SSSR count). The monoisotopic (exact) mass is 345 g/mol. The fraction of sp³-hybridized carbons (Fsp3) is 0.615. The van der Waals surface area contributed by atoms with E-state index in [4.69, 9.17) is 22.3 Å². The molecular formula is C13H23N5O6. The summed E-state index contributed by atoms with van der Waals surface area (Å²) < 4.78 is 0. The molecule has 9 N–H and O–H groups in total. The second-order valence-electron chi connectivity index (χ2n) is 5.25. The van der Waals surface area contributed by atoms with Crippen LogP contribution in [-0.4, -0.2) is 52.8 Å². The molecule has 0 aliphatic carbocycles. The number of nitrogens with two attached hydrogens (primary N) is 3. The number of carboxylic acid groups (broad SMARTS) is 1. The highest BCUT2D eigenvalue weighted by Gasteiger charge is 2.26. The first-order valence-electron chi connectivity index (χ1n) is 7.20. The van der Waals surface area contributed by atoms with Crippen molar-refractivity contribution in [2.75, 3.05) is 0 Å². The fourth-order valence-electron chi connectivity index (χ4n) is 1.64. The highest BCUT2D eigenvalue weighted by molar-refractivity contribution is 5.92. The molecule has 0 spiro atoms. The molecule has 0 aromatic carbocycles. The molecule has 11 heteroatoms. The molecule has 0 aliphatic rings. The van der Waals surface area contributed by atoms with E-state index in [-0.39, 0.29) is 25.7 Å². The van der Waals surface area contributed by atoms with Crippen LogP contribution in [0.5, 0.6) is 0 Å². The zero-order valence-corrected chi connectivity index (χ0v) is 13.3. The third kappa shape index (κ3) is 8.68. The highest BCUT2D eigenvalue weighted by atomic mass is 16.4. The van der Waals surface area contributed by atoms with Gasteiger partial charge in [0.25, 0.3) is 0 Å². The Morgan fingerprint density at radius 2 is 1.42 bits per heavy atom. The topological polar surface area (TPSA) is 208 Å². The number of rotatable bonds is 11. The molecule has 0 saturated carbocycles. The van der Waals surface area contributed by atoms with Gasteiger partial charge in [0.05, 0.1) is 6.04 Å². The Bertz CT molecular complexity index is 509. The first-order chi connectivity index (χ1) is 11.0. The maximum Gasteiger partial charge on any atom is 0.325 e. The molecule has 136 valence electrons. The number of amides is 4. The number of nitrogens with one attached hydrogen (secondary N) is 2. The lowest BCUT2D eigenvalue weighted by atomic mass is 10.1. The van der Waals surface area contributed by atoms with Gasteiger partial charge < -0.3 is 32.9 Å². The van der Waals surface area contributed by atoms with Gasteiger partial charge in [0.2, 0.25) is 23.6 Å². The molecule has 0 heterocycles. The summed E-state index contributed by atoms with van der Waals surface area (Å²) in [5.74, 6) is -4.10. The smallest absolute Gasteiger partial charge is 0.325 e. The van der Waals surface area contributed by atoms with Crippen molar-refractivity contribution in [3.05, 3.63) is 0 Å². The van der Waals surface area contributed by atoms with Gasteiger partial charge in [-0.15, -0.1) is 0 Å². The summed E-state index contributed by atoms with van der Waals surface area (Å²) in [6.45, 7) is 1.24. The third-order valence-electron chi connectivity index (χ3n) is 3.08. The first kappa shape index (κ1) is 21.3. The molecule has 3 atom stereocenters. The Labute approximate surface area is 138 Å². The summed E-state index contributed by atoms with van der Waals surface area (Å²) in [6.07, 6.45) is -0.447. The van der Waals surface area contributed by atoms with Crippen LogP contribution in [0, 0.1) is 0 Å². The molecule has 0 aromatic heterocycles. The summed E-state index contributed by atoms with van der Waals surface area (Å²) in [4.78, 5) is 56.3. The van der Waals surface area contributed by atoms with Crippen LogP contribution in [0.4, 0.5) is 0 Å². The Hall–Kier alpha value is -2.69. The number of carbonyl (C=O) groups is 5. The maximum atomic E-state index is 12.0. The van der Waals surface area contributed by atoms with Crippen molar-refractivity contribution in [1.29, 1.82) is 0 Å². The molecule has 11 nitrogen and oxygen atoms in total. The SMILES string of the molecule is CC(NC(=O)C(CCC(N)=O)NC(=O)C(N)CCC(N)=O)C(=O)O. The van der Waals surface area contributed by atoms with Gasteiger partial charge in [0.15, 0.2) is 0 Å². The number of hydrogen-bond donors (Lipinski definition) is 6. The quantitative estimate of drug-likeness (QED) is 0.227. The fourth-order valence-corrected chi connectivity index (χ4v) is 1.64. The van der Waals surface area contributed by atoms with E-state index in [0.29, 0.717) is 0 Å². The van der Waals surface area contributed by atoms with E-state index < -0.39 is 47.7 Å². The van der Waals surface area contributed by atoms with Crippen molar-refractivity contribution in [1.82, 2.24) is 10.6 Å². The maximum absolute atomic E-state index is 12.0. The minimum absolute atomic E-state index is 0.0170. The van der Waals surface area contributed by atoms with Crippen LogP contribution < -0.4 is 27.8 Å². The van der Waals surface area contributed by atoms with Gasteiger partial charge in [-0.3, -0.25) is 24.0 Å². The minimum atomic E-state index is -1.26. The Morgan fingerprint density at radius 1 is 0.917 bits per heavy atom. The van der Waals surface area contributed by atoms with Crippen LogP contribution in [0.2, 0.25) is 0 Å².